The molecule has 8 heteroatoms. The van der Waals surface area contributed by atoms with Gasteiger partial charge in [0.05, 0.1) is 4.90 Å². The van der Waals surface area contributed by atoms with Crippen molar-refractivity contribution in [1.29, 1.82) is 0 Å². The van der Waals surface area contributed by atoms with Crippen LogP contribution in [-0.4, -0.2) is 21.4 Å². The van der Waals surface area contributed by atoms with Gasteiger partial charge in [-0.1, -0.05) is 29.3 Å². The number of benzene rings is 2. The predicted molar refractivity (Wildman–Crippen MR) is 96.8 cm³/mol. The average Bonchev–Trinajstić information content (AvgIpc) is 2.54. The Labute approximate surface area is 150 Å². The van der Waals surface area contributed by atoms with Crippen molar-refractivity contribution in [3.8, 4) is 0 Å². The molecular formula is C16H14Cl2N2O3S. The molecule has 0 saturated heterocycles. The number of carbonyl (C=O) groups excluding carboxylic acids is 1. The highest BCUT2D eigenvalue weighted by Gasteiger charge is 2.10. The van der Waals surface area contributed by atoms with E-state index in [-0.39, 0.29) is 10.8 Å². The van der Waals surface area contributed by atoms with Crippen LogP contribution in [0, 0.1) is 0 Å². The van der Waals surface area contributed by atoms with E-state index in [0.29, 0.717) is 21.3 Å². The SMILES string of the molecule is CNS(=O)(=O)c1ccc(NC(=O)/C=C/c2ccc(Cl)cc2Cl)cc1. The maximum atomic E-state index is 11.9. The first kappa shape index (κ1) is 18.5. The summed E-state index contributed by atoms with van der Waals surface area (Å²) >= 11 is 11.8. The molecule has 1 amide bonds. The van der Waals surface area contributed by atoms with Crippen molar-refractivity contribution in [3.63, 3.8) is 0 Å². The van der Waals surface area contributed by atoms with E-state index in [1.54, 1.807) is 24.3 Å². The van der Waals surface area contributed by atoms with Crippen LogP contribution in [0.5, 0.6) is 0 Å². The molecule has 5 nitrogen and oxygen atoms in total. The van der Waals surface area contributed by atoms with E-state index in [2.05, 4.69) is 10.0 Å². The Morgan fingerprint density at radius 3 is 2.33 bits per heavy atom. The highest BCUT2D eigenvalue weighted by Crippen LogP contribution is 2.22. The zero-order valence-electron chi connectivity index (χ0n) is 12.6. The van der Waals surface area contributed by atoms with Crippen LogP contribution >= 0.6 is 23.2 Å². The first-order valence-electron chi connectivity index (χ1n) is 6.79. The summed E-state index contributed by atoms with van der Waals surface area (Å²) in [5.41, 5.74) is 1.13. The van der Waals surface area contributed by atoms with Crippen LogP contribution in [-0.2, 0) is 14.8 Å². The van der Waals surface area contributed by atoms with Gasteiger partial charge in [0.15, 0.2) is 0 Å². The molecular weight excluding hydrogens is 371 g/mol. The van der Waals surface area contributed by atoms with Crippen molar-refractivity contribution < 1.29 is 13.2 Å². The van der Waals surface area contributed by atoms with Crippen LogP contribution < -0.4 is 10.0 Å². The van der Waals surface area contributed by atoms with Crippen molar-refractivity contribution in [2.75, 3.05) is 12.4 Å². The first-order chi connectivity index (χ1) is 11.3. The fourth-order valence-corrected chi connectivity index (χ4v) is 3.02. The van der Waals surface area contributed by atoms with Crippen LogP contribution in [0.3, 0.4) is 0 Å². The number of sulfonamides is 1. The molecule has 0 saturated carbocycles. The molecule has 0 atom stereocenters. The fourth-order valence-electron chi connectivity index (χ4n) is 1.82. The molecule has 0 spiro atoms. The molecule has 0 bridgehead atoms. The van der Waals surface area contributed by atoms with E-state index >= 15 is 0 Å². The lowest BCUT2D eigenvalue weighted by Gasteiger charge is -2.05. The van der Waals surface area contributed by atoms with Crippen molar-refractivity contribution in [2.45, 2.75) is 4.90 Å². The largest absolute Gasteiger partial charge is 0.323 e. The van der Waals surface area contributed by atoms with E-state index in [1.807, 2.05) is 0 Å². The van der Waals surface area contributed by atoms with Crippen LogP contribution in [0.2, 0.25) is 10.0 Å². The summed E-state index contributed by atoms with van der Waals surface area (Å²) in [5.74, 6) is -0.370. The Morgan fingerprint density at radius 1 is 1.08 bits per heavy atom. The first-order valence-corrected chi connectivity index (χ1v) is 9.03. The second-order valence-corrected chi connectivity index (χ2v) is 7.45. The summed E-state index contributed by atoms with van der Waals surface area (Å²) in [6.07, 6.45) is 2.89. The molecule has 0 aliphatic rings. The quantitative estimate of drug-likeness (QED) is 0.773. The van der Waals surface area contributed by atoms with Gasteiger partial charge < -0.3 is 5.32 Å². The number of nitrogens with one attached hydrogen (secondary N) is 2. The number of anilines is 1. The molecule has 24 heavy (non-hydrogen) atoms. The van der Waals surface area contributed by atoms with Gasteiger partial charge in [-0.2, -0.15) is 0 Å². The van der Waals surface area contributed by atoms with Gasteiger partial charge in [-0.25, -0.2) is 13.1 Å². The Balaban J connectivity index is 2.06. The Bertz CT molecular complexity index is 879. The second kappa shape index (κ2) is 7.81. The maximum absolute atomic E-state index is 11.9. The molecule has 0 aliphatic heterocycles. The van der Waals surface area contributed by atoms with Crippen molar-refractivity contribution in [1.82, 2.24) is 4.72 Å². The van der Waals surface area contributed by atoms with Gasteiger partial charge in [0.2, 0.25) is 15.9 Å². The number of rotatable bonds is 5. The minimum absolute atomic E-state index is 0.117. The zero-order valence-corrected chi connectivity index (χ0v) is 14.9. The summed E-state index contributed by atoms with van der Waals surface area (Å²) in [4.78, 5) is 12.0. The van der Waals surface area contributed by atoms with E-state index in [0.717, 1.165) is 0 Å². The number of halogens is 2. The monoisotopic (exact) mass is 384 g/mol. The predicted octanol–water partition coefficient (Wildman–Crippen LogP) is 3.55. The zero-order chi connectivity index (χ0) is 17.7. The van der Waals surface area contributed by atoms with Crippen LogP contribution in [0.25, 0.3) is 6.08 Å². The van der Waals surface area contributed by atoms with E-state index in [9.17, 15) is 13.2 Å². The lowest BCUT2D eigenvalue weighted by Crippen LogP contribution is -2.18. The van der Waals surface area contributed by atoms with E-state index < -0.39 is 10.0 Å². The summed E-state index contributed by atoms with van der Waals surface area (Å²) in [5, 5.41) is 3.58. The van der Waals surface area contributed by atoms with Gasteiger partial charge in [-0.15, -0.1) is 0 Å². The second-order valence-electron chi connectivity index (χ2n) is 4.72. The van der Waals surface area contributed by atoms with Crippen LogP contribution in [0.15, 0.2) is 53.4 Å². The Kier molecular flexibility index (Phi) is 6.01. The number of hydrogen-bond donors (Lipinski definition) is 2. The minimum Gasteiger partial charge on any atom is -0.323 e. The molecule has 0 heterocycles. The number of hydrogen-bond acceptors (Lipinski definition) is 3. The lowest BCUT2D eigenvalue weighted by atomic mass is 10.2. The van der Waals surface area contributed by atoms with Gasteiger partial charge in [0.1, 0.15) is 0 Å². The molecule has 2 aromatic rings. The summed E-state index contributed by atoms with van der Waals surface area (Å²) in [6.45, 7) is 0. The topological polar surface area (TPSA) is 75.3 Å². The fraction of sp³-hybridized carbons (Fsp3) is 0.0625. The van der Waals surface area contributed by atoms with E-state index in [1.165, 1.54) is 37.4 Å². The standard InChI is InChI=1S/C16H14Cl2N2O3S/c1-19-24(22,23)14-7-5-13(6-8-14)20-16(21)9-3-11-2-4-12(17)10-15(11)18/h2-10,19H,1H3,(H,20,21)/b9-3+. The smallest absolute Gasteiger partial charge is 0.248 e. The summed E-state index contributed by atoms with van der Waals surface area (Å²) < 4.78 is 25.5. The Morgan fingerprint density at radius 2 is 1.75 bits per heavy atom. The average molecular weight is 385 g/mol. The summed E-state index contributed by atoms with van der Waals surface area (Å²) in [6, 6.07) is 10.8. The van der Waals surface area contributed by atoms with Gasteiger partial charge in [0, 0.05) is 21.8 Å². The summed E-state index contributed by atoms with van der Waals surface area (Å²) in [7, 11) is -2.17. The van der Waals surface area contributed by atoms with Gasteiger partial charge in [-0.3, -0.25) is 4.79 Å². The number of carbonyl (C=O) groups is 1. The molecule has 0 radical (unpaired) electrons. The van der Waals surface area contributed by atoms with Crippen molar-refractivity contribution in [3.05, 3.63) is 64.1 Å². The van der Waals surface area contributed by atoms with Crippen molar-refractivity contribution in [2.24, 2.45) is 0 Å². The molecule has 0 fully saturated rings. The third kappa shape index (κ3) is 4.82. The van der Waals surface area contributed by atoms with Gasteiger partial charge in [0.25, 0.3) is 0 Å². The molecule has 0 unspecified atom stereocenters. The molecule has 2 N–H and O–H groups in total. The lowest BCUT2D eigenvalue weighted by molar-refractivity contribution is -0.111. The normalized spacial score (nSPS) is 11.6. The Hall–Kier alpha value is -1.86. The van der Waals surface area contributed by atoms with Crippen LogP contribution in [0.4, 0.5) is 5.69 Å². The highest BCUT2D eigenvalue weighted by atomic mass is 35.5. The van der Waals surface area contributed by atoms with Crippen LogP contribution in [0.1, 0.15) is 5.56 Å². The number of amides is 1. The third-order valence-electron chi connectivity index (χ3n) is 3.08. The van der Waals surface area contributed by atoms with E-state index in [4.69, 9.17) is 23.2 Å². The minimum atomic E-state index is -3.50. The molecule has 0 aliphatic carbocycles. The molecule has 2 aromatic carbocycles. The maximum Gasteiger partial charge on any atom is 0.248 e. The van der Waals surface area contributed by atoms with Gasteiger partial charge in [-0.05, 0) is 55.1 Å². The molecule has 126 valence electrons. The molecule has 2 rings (SSSR count). The van der Waals surface area contributed by atoms with Crippen molar-refractivity contribution >= 4 is 50.9 Å². The van der Waals surface area contributed by atoms with Gasteiger partial charge >= 0.3 is 0 Å². The third-order valence-corrected chi connectivity index (χ3v) is 5.07. The molecule has 0 aromatic heterocycles. The highest BCUT2D eigenvalue weighted by molar-refractivity contribution is 7.89.